The van der Waals surface area contributed by atoms with Crippen molar-refractivity contribution in [2.24, 2.45) is 0 Å². The van der Waals surface area contributed by atoms with E-state index in [-0.39, 0.29) is 24.7 Å². The largest absolute Gasteiger partial charge is 0.478 e. The summed E-state index contributed by atoms with van der Waals surface area (Å²) in [6.45, 7) is 9.46. The molecule has 0 radical (unpaired) electrons. The highest BCUT2D eigenvalue weighted by Gasteiger charge is 2.04. The molecule has 0 aliphatic rings. The van der Waals surface area contributed by atoms with Crippen LogP contribution in [0.4, 0.5) is 9.59 Å². The van der Waals surface area contributed by atoms with Crippen molar-refractivity contribution in [1.29, 1.82) is 0 Å². The maximum absolute atomic E-state index is 10.2. The minimum atomic E-state index is -1.00. The molecule has 0 bridgehead atoms. The first-order chi connectivity index (χ1) is 9.18. The quantitative estimate of drug-likeness (QED) is 0.436. The van der Waals surface area contributed by atoms with Gasteiger partial charge in [0.1, 0.15) is 24.7 Å². The summed E-state index contributed by atoms with van der Waals surface area (Å²) >= 11 is 9.80. The van der Waals surface area contributed by atoms with Crippen LogP contribution in [-0.4, -0.2) is 35.1 Å². The van der Waals surface area contributed by atoms with Gasteiger partial charge in [-0.15, -0.1) is 0 Å². The second-order valence-electron chi connectivity index (χ2n) is 2.79. The highest BCUT2D eigenvalue weighted by Crippen LogP contribution is 2.02. The second kappa shape index (κ2) is 12.2. The summed E-state index contributed by atoms with van der Waals surface area (Å²) in [7, 11) is 0. The van der Waals surface area contributed by atoms with Crippen molar-refractivity contribution in [1.82, 2.24) is 0 Å². The van der Waals surface area contributed by atoms with Crippen LogP contribution in [0.5, 0.6) is 0 Å². The maximum Gasteiger partial charge on any atom is 0.408 e. The third-order valence-electron chi connectivity index (χ3n) is 1.15. The Labute approximate surface area is 125 Å². The van der Waals surface area contributed by atoms with Gasteiger partial charge in [0.2, 0.25) is 0 Å². The molecule has 0 heterocycles. The van der Waals surface area contributed by atoms with Gasteiger partial charge in [0.25, 0.3) is 0 Å². The van der Waals surface area contributed by atoms with E-state index in [0.717, 1.165) is 6.08 Å². The molecule has 0 aromatic heterocycles. The number of halogens is 2. The zero-order valence-electron chi connectivity index (χ0n) is 10.3. The Morgan fingerprint density at radius 3 is 1.50 bits per heavy atom. The predicted molar refractivity (Wildman–Crippen MR) is 71.6 cm³/mol. The van der Waals surface area contributed by atoms with E-state index >= 15 is 0 Å². The molecule has 20 heavy (non-hydrogen) atoms. The van der Waals surface area contributed by atoms with Gasteiger partial charge in [-0.2, -0.15) is 0 Å². The fraction of sp³-hybridized carbons (Fsp3) is 0.182. The number of carboxylic acid groups (broad SMARTS) is 1. The first-order valence-electron chi connectivity index (χ1n) is 4.72. The molecule has 0 spiro atoms. The second-order valence-corrected chi connectivity index (χ2v) is 3.41. The normalized spacial score (nSPS) is 8.50. The fourth-order valence-corrected chi connectivity index (χ4v) is 0.783. The Kier molecular flexibility index (Phi) is 12.5. The lowest BCUT2D eigenvalue weighted by Crippen LogP contribution is -2.07. The van der Waals surface area contributed by atoms with Crippen LogP contribution in [-0.2, 0) is 19.0 Å². The Morgan fingerprint density at radius 1 is 1.00 bits per heavy atom. The Morgan fingerprint density at radius 2 is 1.30 bits per heavy atom. The molecule has 0 unspecified atom stereocenters. The van der Waals surface area contributed by atoms with Crippen LogP contribution in [0.25, 0.3) is 0 Å². The Hall–Kier alpha value is -1.83. The van der Waals surface area contributed by atoms with Gasteiger partial charge in [0.05, 0.1) is 0 Å². The number of ether oxygens (including phenoxy) is 3. The molecule has 0 aliphatic heterocycles. The fourth-order valence-electron chi connectivity index (χ4n) is 0.565. The SMILES string of the molecule is C=C(COCC(=C)OC(=O)Cl)OC(=O)Cl.C=CC(=O)O. The molecule has 0 aromatic carbocycles. The van der Waals surface area contributed by atoms with E-state index in [1.54, 1.807) is 0 Å². The average molecular weight is 327 g/mol. The summed E-state index contributed by atoms with van der Waals surface area (Å²) < 4.78 is 13.6. The van der Waals surface area contributed by atoms with E-state index in [1.165, 1.54) is 0 Å². The van der Waals surface area contributed by atoms with Crippen LogP contribution in [0, 0.1) is 0 Å². The van der Waals surface area contributed by atoms with Crippen LogP contribution in [0.15, 0.2) is 37.3 Å². The summed E-state index contributed by atoms with van der Waals surface area (Å²) in [4.78, 5) is 29.7. The molecule has 7 nitrogen and oxygen atoms in total. The summed E-state index contributed by atoms with van der Waals surface area (Å²) in [5.41, 5.74) is -2.01. The van der Waals surface area contributed by atoms with Crippen molar-refractivity contribution in [3.63, 3.8) is 0 Å². The van der Waals surface area contributed by atoms with E-state index in [2.05, 4.69) is 29.2 Å². The molecular formula is C11H12Cl2O7. The summed E-state index contributed by atoms with van der Waals surface area (Å²) in [5, 5.41) is 7.60. The molecule has 0 amide bonds. The molecule has 0 rings (SSSR count). The number of hydrogen-bond donors (Lipinski definition) is 1. The van der Waals surface area contributed by atoms with Crippen LogP contribution < -0.4 is 0 Å². The molecule has 112 valence electrons. The van der Waals surface area contributed by atoms with Crippen molar-refractivity contribution in [3.8, 4) is 0 Å². The monoisotopic (exact) mass is 326 g/mol. The summed E-state index contributed by atoms with van der Waals surface area (Å²) in [6.07, 6.45) is 0.833. The molecule has 9 heteroatoms. The van der Waals surface area contributed by atoms with Gasteiger partial charge in [-0.25, -0.2) is 14.4 Å². The average Bonchev–Trinajstić information content (AvgIpc) is 2.27. The summed E-state index contributed by atoms with van der Waals surface area (Å²) in [5.74, 6) is -0.926. The van der Waals surface area contributed by atoms with Crippen LogP contribution >= 0.6 is 23.2 Å². The van der Waals surface area contributed by atoms with Gasteiger partial charge in [-0.1, -0.05) is 19.7 Å². The van der Waals surface area contributed by atoms with Gasteiger partial charge in [0.15, 0.2) is 0 Å². The lowest BCUT2D eigenvalue weighted by molar-refractivity contribution is -0.131. The highest BCUT2D eigenvalue weighted by molar-refractivity contribution is 6.61. The summed E-state index contributed by atoms with van der Waals surface area (Å²) in [6, 6.07) is 0. The van der Waals surface area contributed by atoms with Gasteiger partial charge in [0, 0.05) is 29.3 Å². The molecule has 0 saturated carbocycles. The lowest BCUT2D eigenvalue weighted by Gasteiger charge is -2.06. The number of rotatable bonds is 7. The third kappa shape index (κ3) is 18.5. The highest BCUT2D eigenvalue weighted by atomic mass is 35.5. The zero-order chi connectivity index (χ0) is 16.1. The maximum atomic E-state index is 10.2. The van der Waals surface area contributed by atoms with Crippen LogP contribution in [0.2, 0.25) is 0 Å². The van der Waals surface area contributed by atoms with Gasteiger partial charge in [-0.3, -0.25) is 0 Å². The number of hydrogen-bond acceptors (Lipinski definition) is 6. The minimum Gasteiger partial charge on any atom is -0.478 e. The molecule has 0 aromatic rings. The van der Waals surface area contributed by atoms with Crippen molar-refractivity contribution in [2.45, 2.75) is 0 Å². The molecule has 1 N–H and O–H groups in total. The number of aliphatic carboxylic acids is 1. The Balaban J connectivity index is 0. The number of carbonyl (C=O) groups is 3. The van der Waals surface area contributed by atoms with Gasteiger partial charge in [-0.05, 0) is 0 Å². The van der Waals surface area contributed by atoms with E-state index in [4.69, 9.17) is 33.0 Å². The number of carboxylic acids is 1. The first kappa shape index (κ1) is 20.5. The van der Waals surface area contributed by atoms with Crippen LogP contribution in [0.1, 0.15) is 0 Å². The van der Waals surface area contributed by atoms with E-state index in [9.17, 15) is 14.4 Å². The van der Waals surface area contributed by atoms with Crippen molar-refractivity contribution in [3.05, 3.63) is 37.3 Å². The van der Waals surface area contributed by atoms with E-state index in [0.29, 0.717) is 0 Å². The molecule has 0 saturated heterocycles. The molecule has 0 fully saturated rings. The van der Waals surface area contributed by atoms with E-state index < -0.39 is 16.8 Å². The number of carbonyl (C=O) groups excluding carboxylic acids is 2. The van der Waals surface area contributed by atoms with Crippen molar-refractivity contribution in [2.75, 3.05) is 13.2 Å². The lowest BCUT2D eigenvalue weighted by atomic mass is 10.5. The molecular weight excluding hydrogens is 315 g/mol. The first-order valence-corrected chi connectivity index (χ1v) is 5.47. The smallest absolute Gasteiger partial charge is 0.408 e. The van der Waals surface area contributed by atoms with Crippen LogP contribution in [0.3, 0.4) is 0 Å². The van der Waals surface area contributed by atoms with Gasteiger partial charge >= 0.3 is 16.8 Å². The van der Waals surface area contributed by atoms with E-state index in [1.807, 2.05) is 0 Å². The standard InChI is InChI=1S/C8H8Cl2O5.C3H4O2/c1-5(14-7(9)11)3-13-4-6(2)15-8(10)12;1-2-3(4)5/h1-4H2;2H,1H2,(H,4,5). The minimum absolute atomic E-state index is 0.0278. The zero-order valence-corrected chi connectivity index (χ0v) is 11.8. The third-order valence-corrected chi connectivity index (χ3v) is 1.30. The predicted octanol–water partition coefficient (Wildman–Crippen LogP) is 3.04. The topological polar surface area (TPSA) is 99.1 Å². The van der Waals surface area contributed by atoms with Crippen molar-refractivity contribution < 1.29 is 33.7 Å². The molecule has 0 aliphatic carbocycles. The van der Waals surface area contributed by atoms with Crippen molar-refractivity contribution >= 4 is 40.0 Å². The molecule has 0 atom stereocenters. The van der Waals surface area contributed by atoms with Gasteiger partial charge < -0.3 is 19.3 Å². The Bertz CT molecular complexity index is 376.